The molecule has 0 aromatic heterocycles. The molecule has 4 atom stereocenters. The number of carbonyl (C=O) groups is 1. The highest BCUT2D eigenvalue weighted by Crippen LogP contribution is 2.38. The predicted octanol–water partition coefficient (Wildman–Crippen LogP) is 7.74. The summed E-state index contributed by atoms with van der Waals surface area (Å²) >= 11 is 0. The molecule has 1 fully saturated rings. The maximum Gasteiger partial charge on any atom is 0.220 e. The molecule has 1 amide bonds. The molecule has 0 radical (unpaired) electrons. The quantitative estimate of drug-likeness (QED) is 0.262. The first-order valence-electron chi connectivity index (χ1n) is 14.7. The lowest BCUT2D eigenvalue weighted by Gasteiger charge is -2.37. The Hall–Kier alpha value is -3.11. The summed E-state index contributed by atoms with van der Waals surface area (Å²) in [5, 5.41) is 3.27. The van der Waals surface area contributed by atoms with Gasteiger partial charge in [-0.1, -0.05) is 86.6 Å². The Balaban J connectivity index is 1.42. The summed E-state index contributed by atoms with van der Waals surface area (Å²) in [6.45, 7) is 10.0. The van der Waals surface area contributed by atoms with E-state index in [0.29, 0.717) is 36.8 Å². The summed E-state index contributed by atoms with van der Waals surface area (Å²) in [7, 11) is 0. The average Bonchev–Trinajstić information content (AvgIpc) is 2.95. The summed E-state index contributed by atoms with van der Waals surface area (Å²) in [5.74, 6) is 2.43. The SMILES string of the molecule is CC(C)Oc1ccc([C@@H](CC(=O)NCC[C@@H](c2ccccc2)[C@H]2CCO[C@H](C(C)C)C2)c2ccccc2)cc1. The van der Waals surface area contributed by atoms with Crippen LogP contribution in [0.15, 0.2) is 84.9 Å². The second-order valence-corrected chi connectivity index (χ2v) is 11.5. The number of nitrogens with one attached hydrogen (secondary N) is 1. The Bertz CT molecular complexity index is 1130. The Morgan fingerprint density at radius 2 is 1.49 bits per heavy atom. The molecular weight excluding hydrogens is 482 g/mol. The molecule has 1 N–H and O–H groups in total. The normalized spacial score (nSPS) is 19.0. The van der Waals surface area contributed by atoms with Gasteiger partial charge < -0.3 is 14.8 Å². The topological polar surface area (TPSA) is 47.6 Å². The summed E-state index contributed by atoms with van der Waals surface area (Å²) in [4.78, 5) is 13.3. The lowest BCUT2D eigenvalue weighted by atomic mass is 9.76. The molecule has 1 aliphatic heterocycles. The van der Waals surface area contributed by atoms with Crippen LogP contribution in [-0.4, -0.2) is 31.3 Å². The summed E-state index contributed by atoms with van der Waals surface area (Å²) in [6.07, 6.45) is 3.94. The minimum absolute atomic E-state index is 0.00786. The average molecular weight is 528 g/mol. The van der Waals surface area contributed by atoms with Crippen LogP contribution in [0.3, 0.4) is 0 Å². The van der Waals surface area contributed by atoms with E-state index in [9.17, 15) is 4.79 Å². The second kappa shape index (κ2) is 14.3. The van der Waals surface area contributed by atoms with Crippen molar-refractivity contribution in [1.82, 2.24) is 5.32 Å². The zero-order chi connectivity index (χ0) is 27.6. The molecule has 0 saturated carbocycles. The van der Waals surface area contributed by atoms with Crippen molar-refractivity contribution in [1.29, 1.82) is 0 Å². The van der Waals surface area contributed by atoms with E-state index in [0.717, 1.165) is 42.7 Å². The largest absolute Gasteiger partial charge is 0.491 e. The van der Waals surface area contributed by atoms with Gasteiger partial charge in [-0.2, -0.15) is 0 Å². The van der Waals surface area contributed by atoms with Crippen molar-refractivity contribution < 1.29 is 14.3 Å². The van der Waals surface area contributed by atoms with E-state index in [2.05, 4.69) is 73.8 Å². The zero-order valence-electron chi connectivity index (χ0n) is 24.0. The first kappa shape index (κ1) is 28.9. The number of benzene rings is 3. The molecule has 1 saturated heterocycles. The van der Waals surface area contributed by atoms with E-state index < -0.39 is 0 Å². The monoisotopic (exact) mass is 527 g/mol. The molecule has 1 heterocycles. The smallest absolute Gasteiger partial charge is 0.220 e. The van der Waals surface area contributed by atoms with Gasteiger partial charge in [-0.25, -0.2) is 0 Å². The van der Waals surface area contributed by atoms with Crippen LogP contribution in [0.5, 0.6) is 5.75 Å². The fourth-order valence-electron chi connectivity index (χ4n) is 5.85. The van der Waals surface area contributed by atoms with Crippen LogP contribution in [0.1, 0.15) is 81.9 Å². The van der Waals surface area contributed by atoms with Gasteiger partial charge in [0.15, 0.2) is 0 Å². The molecule has 1 aliphatic rings. The maximum absolute atomic E-state index is 13.3. The maximum atomic E-state index is 13.3. The van der Waals surface area contributed by atoms with E-state index in [4.69, 9.17) is 9.47 Å². The Labute approximate surface area is 235 Å². The first-order valence-corrected chi connectivity index (χ1v) is 14.7. The second-order valence-electron chi connectivity index (χ2n) is 11.5. The zero-order valence-corrected chi connectivity index (χ0v) is 24.0. The van der Waals surface area contributed by atoms with Crippen LogP contribution in [0.2, 0.25) is 0 Å². The van der Waals surface area contributed by atoms with Crippen LogP contribution >= 0.6 is 0 Å². The van der Waals surface area contributed by atoms with Crippen LogP contribution in [0, 0.1) is 11.8 Å². The third-order valence-corrected chi connectivity index (χ3v) is 7.92. The van der Waals surface area contributed by atoms with Gasteiger partial charge >= 0.3 is 0 Å². The Morgan fingerprint density at radius 3 is 2.10 bits per heavy atom. The molecular formula is C35H45NO3. The van der Waals surface area contributed by atoms with Crippen molar-refractivity contribution in [2.45, 2.75) is 77.4 Å². The van der Waals surface area contributed by atoms with Gasteiger partial charge in [0.25, 0.3) is 0 Å². The summed E-state index contributed by atoms with van der Waals surface area (Å²) < 4.78 is 11.9. The van der Waals surface area contributed by atoms with E-state index in [1.54, 1.807) is 0 Å². The van der Waals surface area contributed by atoms with Gasteiger partial charge in [-0.05, 0) is 79.7 Å². The van der Waals surface area contributed by atoms with Gasteiger partial charge in [0.05, 0.1) is 12.2 Å². The molecule has 39 heavy (non-hydrogen) atoms. The van der Waals surface area contributed by atoms with Crippen molar-refractivity contribution in [2.75, 3.05) is 13.2 Å². The number of rotatable bonds is 12. The molecule has 0 aliphatic carbocycles. The highest BCUT2D eigenvalue weighted by Gasteiger charge is 2.31. The van der Waals surface area contributed by atoms with Crippen molar-refractivity contribution in [3.05, 3.63) is 102 Å². The Morgan fingerprint density at radius 1 is 0.872 bits per heavy atom. The molecule has 4 heteroatoms. The van der Waals surface area contributed by atoms with Gasteiger partial charge in [-0.3, -0.25) is 4.79 Å². The van der Waals surface area contributed by atoms with Gasteiger partial charge in [-0.15, -0.1) is 0 Å². The third kappa shape index (κ3) is 8.44. The van der Waals surface area contributed by atoms with E-state index >= 15 is 0 Å². The summed E-state index contributed by atoms with van der Waals surface area (Å²) in [6, 6.07) is 29.3. The predicted molar refractivity (Wildman–Crippen MR) is 159 cm³/mol. The first-order chi connectivity index (χ1) is 18.9. The van der Waals surface area contributed by atoms with E-state index in [1.807, 2.05) is 44.2 Å². The minimum atomic E-state index is -0.00786. The molecule has 3 aromatic carbocycles. The van der Waals surface area contributed by atoms with Crippen molar-refractivity contribution in [3.8, 4) is 5.75 Å². The minimum Gasteiger partial charge on any atom is -0.491 e. The van der Waals surface area contributed by atoms with Crippen molar-refractivity contribution in [3.63, 3.8) is 0 Å². The fourth-order valence-corrected chi connectivity index (χ4v) is 5.85. The van der Waals surface area contributed by atoms with Crippen LogP contribution in [0.25, 0.3) is 0 Å². The number of amides is 1. The van der Waals surface area contributed by atoms with Gasteiger partial charge in [0, 0.05) is 25.5 Å². The van der Waals surface area contributed by atoms with Gasteiger partial charge in [0.2, 0.25) is 5.91 Å². The molecule has 0 bridgehead atoms. The van der Waals surface area contributed by atoms with Crippen LogP contribution in [-0.2, 0) is 9.53 Å². The third-order valence-electron chi connectivity index (χ3n) is 7.92. The lowest BCUT2D eigenvalue weighted by molar-refractivity contribution is -0.121. The number of ether oxygens (including phenoxy) is 2. The van der Waals surface area contributed by atoms with Crippen molar-refractivity contribution >= 4 is 5.91 Å². The van der Waals surface area contributed by atoms with Crippen molar-refractivity contribution in [2.24, 2.45) is 11.8 Å². The Kier molecular flexibility index (Phi) is 10.6. The highest BCUT2D eigenvalue weighted by molar-refractivity contribution is 5.77. The van der Waals surface area contributed by atoms with Crippen LogP contribution < -0.4 is 10.1 Å². The van der Waals surface area contributed by atoms with Gasteiger partial charge in [0.1, 0.15) is 5.75 Å². The van der Waals surface area contributed by atoms with E-state index in [1.165, 1.54) is 5.56 Å². The molecule has 0 unspecified atom stereocenters. The lowest BCUT2D eigenvalue weighted by Crippen LogP contribution is -2.34. The highest BCUT2D eigenvalue weighted by atomic mass is 16.5. The molecule has 4 rings (SSSR count). The van der Waals surface area contributed by atoms with E-state index in [-0.39, 0.29) is 17.9 Å². The fraction of sp³-hybridized carbons (Fsp3) is 0.457. The molecule has 208 valence electrons. The molecule has 3 aromatic rings. The standard InChI is InChI=1S/C35H45NO3/c1-25(2)34-23-30(20-22-38-34)32(27-11-7-5-8-12-27)19-21-36-35(37)24-33(28-13-9-6-10-14-28)29-15-17-31(18-16-29)39-26(3)4/h5-18,25-26,30,32-34H,19-24H2,1-4H3,(H,36,37)/t30-,32-,33-,34-/m0/s1. The van der Waals surface area contributed by atoms with Crippen LogP contribution in [0.4, 0.5) is 0 Å². The molecule has 0 spiro atoms. The summed E-state index contributed by atoms with van der Waals surface area (Å²) in [5.41, 5.74) is 3.64. The number of hydrogen-bond donors (Lipinski definition) is 1. The number of carbonyl (C=O) groups excluding carboxylic acids is 1. The molecule has 4 nitrogen and oxygen atoms in total. The number of hydrogen-bond acceptors (Lipinski definition) is 3.